The van der Waals surface area contributed by atoms with Crippen LogP contribution in [-0.2, 0) is 11.3 Å². The van der Waals surface area contributed by atoms with Gasteiger partial charge in [-0.2, -0.15) is 0 Å². The molecule has 1 heterocycles. The van der Waals surface area contributed by atoms with Crippen LogP contribution in [0.3, 0.4) is 0 Å². The SMILES string of the molecule is CCN(C(=O)Cn1ccc2ccc(C(N)=S)cc21)C1CC1. The second-order valence-corrected chi connectivity index (χ2v) is 5.93. The van der Waals surface area contributed by atoms with Crippen LogP contribution in [0.2, 0.25) is 0 Å². The van der Waals surface area contributed by atoms with Crippen LogP contribution in [0.15, 0.2) is 30.5 Å². The molecule has 0 radical (unpaired) electrons. The normalized spacial score (nSPS) is 14.3. The number of nitrogens with two attached hydrogens (primary N) is 1. The van der Waals surface area contributed by atoms with Gasteiger partial charge in [-0.05, 0) is 37.3 Å². The standard InChI is InChI=1S/C16H19N3OS/c1-2-19(13-5-6-13)15(20)10-18-8-7-11-3-4-12(16(17)21)9-14(11)18/h3-4,7-9,13H,2,5-6,10H2,1H3,(H2,17,21). The molecule has 1 amide bonds. The maximum Gasteiger partial charge on any atom is 0.242 e. The number of fused-ring (bicyclic) bond motifs is 1. The molecule has 1 aliphatic rings. The van der Waals surface area contributed by atoms with Crippen molar-refractivity contribution in [3.05, 3.63) is 36.0 Å². The molecule has 0 saturated heterocycles. The largest absolute Gasteiger partial charge is 0.389 e. The molecule has 1 saturated carbocycles. The number of nitrogens with zero attached hydrogens (tertiary/aromatic N) is 2. The van der Waals surface area contributed by atoms with Crippen molar-refractivity contribution in [3.63, 3.8) is 0 Å². The lowest BCUT2D eigenvalue weighted by Crippen LogP contribution is -2.35. The van der Waals surface area contributed by atoms with Crippen LogP contribution in [0.25, 0.3) is 10.9 Å². The third-order valence-electron chi connectivity index (χ3n) is 4.01. The molecule has 1 aromatic heterocycles. The van der Waals surface area contributed by atoms with E-state index >= 15 is 0 Å². The maximum atomic E-state index is 12.4. The number of rotatable bonds is 5. The Bertz CT molecular complexity index is 703. The van der Waals surface area contributed by atoms with Gasteiger partial charge in [-0.15, -0.1) is 0 Å². The van der Waals surface area contributed by atoms with E-state index < -0.39 is 0 Å². The number of hydrogen-bond donors (Lipinski definition) is 1. The molecule has 0 spiro atoms. The molecule has 2 N–H and O–H groups in total. The summed E-state index contributed by atoms with van der Waals surface area (Å²) >= 11 is 5.03. The van der Waals surface area contributed by atoms with Gasteiger partial charge in [0.05, 0.1) is 0 Å². The quantitative estimate of drug-likeness (QED) is 0.862. The second-order valence-electron chi connectivity index (χ2n) is 5.49. The van der Waals surface area contributed by atoms with Gasteiger partial charge in [0.15, 0.2) is 0 Å². The first-order chi connectivity index (χ1) is 10.1. The van der Waals surface area contributed by atoms with Gasteiger partial charge in [0.25, 0.3) is 0 Å². The zero-order valence-electron chi connectivity index (χ0n) is 12.1. The van der Waals surface area contributed by atoms with Crippen molar-refractivity contribution in [2.45, 2.75) is 32.4 Å². The molecule has 2 aromatic rings. The average molecular weight is 301 g/mol. The maximum absolute atomic E-state index is 12.4. The molecule has 5 heteroatoms. The van der Waals surface area contributed by atoms with E-state index in [1.807, 2.05) is 46.9 Å². The lowest BCUT2D eigenvalue weighted by molar-refractivity contribution is -0.132. The van der Waals surface area contributed by atoms with Crippen molar-refractivity contribution < 1.29 is 4.79 Å². The van der Waals surface area contributed by atoms with Gasteiger partial charge < -0.3 is 15.2 Å². The Hall–Kier alpha value is -1.88. The van der Waals surface area contributed by atoms with Gasteiger partial charge in [0, 0.05) is 29.9 Å². The zero-order chi connectivity index (χ0) is 15.0. The molecule has 4 nitrogen and oxygen atoms in total. The van der Waals surface area contributed by atoms with Gasteiger partial charge in [-0.25, -0.2) is 0 Å². The predicted molar refractivity (Wildman–Crippen MR) is 88.2 cm³/mol. The summed E-state index contributed by atoms with van der Waals surface area (Å²) in [7, 11) is 0. The van der Waals surface area contributed by atoms with Crippen molar-refractivity contribution in [1.82, 2.24) is 9.47 Å². The minimum absolute atomic E-state index is 0.179. The molecule has 1 fully saturated rings. The first-order valence-corrected chi connectivity index (χ1v) is 7.69. The number of aromatic nitrogens is 1. The van der Waals surface area contributed by atoms with Crippen LogP contribution in [0.4, 0.5) is 0 Å². The Balaban J connectivity index is 1.87. The van der Waals surface area contributed by atoms with Crippen molar-refractivity contribution in [1.29, 1.82) is 0 Å². The van der Waals surface area contributed by atoms with E-state index in [2.05, 4.69) is 0 Å². The number of thiocarbonyl (C=S) groups is 1. The Morgan fingerprint density at radius 1 is 1.43 bits per heavy atom. The van der Waals surface area contributed by atoms with Crippen LogP contribution < -0.4 is 5.73 Å². The summed E-state index contributed by atoms with van der Waals surface area (Å²) in [4.78, 5) is 14.8. The average Bonchev–Trinajstić information content (AvgIpc) is 3.21. The Morgan fingerprint density at radius 2 is 2.19 bits per heavy atom. The first-order valence-electron chi connectivity index (χ1n) is 7.28. The summed E-state index contributed by atoms with van der Waals surface area (Å²) in [6.45, 7) is 3.18. The van der Waals surface area contributed by atoms with Crippen molar-refractivity contribution in [2.24, 2.45) is 5.73 Å². The minimum Gasteiger partial charge on any atom is -0.389 e. The summed E-state index contributed by atoms with van der Waals surface area (Å²) in [6.07, 6.45) is 4.22. The molecule has 0 atom stereocenters. The van der Waals surface area contributed by atoms with E-state index in [4.69, 9.17) is 18.0 Å². The molecule has 1 aliphatic carbocycles. The Labute approximate surface area is 129 Å². The van der Waals surface area contributed by atoms with E-state index in [0.717, 1.165) is 35.9 Å². The van der Waals surface area contributed by atoms with Gasteiger partial charge in [0.1, 0.15) is 11.5 Å². The lowest BCUT2D eigenvalue weighted by atomic mass is 10.1. The topological polar surface area (TPSA) is 51.3 Å². The minimum atomic E-state index is 0.179. The molecule has 0 bridgehead atoms. The van der Waals surface area contributed by atoms with Crippen molar-refractivity contribution >= 4 is 34.0 Å². The van der Waals surface area contributed by atoms with Crippen LogP contribution in [-0.4, -0.2) is 32.9 Å². The third kappa shape index (κ3) is 2.78. The van der Waals surface area contributed by atoms with E-state index in [9.17, 15) is 4.79 Å². The van der Waals surface area contributed by atoms with Crippen LogP contribution in [0.1, 0.15) is 25.3 Å². The molecule has 3 rings (SSSR count). The van der Waals surface area contributed by atoms with E-state index in [1.54, 1.807) is 0 Å². The highest BCUT2D eigenvalue weighted by atomic mass is 32.1. The highest BCUT2D eigenvalue weighted by Gasteiger charge is 2.31. The van der Waals surface area contributed by atoms with E-state index in [0.29, 0.717) is 17.6 Å². The van der Waals surface area contributed by atoms with Crippen molar-refractivity contribution in [3.8, 4) is 0 Å². The Kier molecular flexibility index (Phi) is 3.68. The highest BCUT2D eigenvalue weighted by molar-refractivity contribution is 7.80. The summed E-state index contributed by atoms with van der Waals surface area (Å²) in [5, 5.41) is 1.09. The number of carbonyl (C=O) groups excluding carboxylic acids is 1. The summed E-state index contributed by atoms with van der Waals surface area (Å²) in [6, 6.07) is 8.33. The number of benzene rings is 1. The second kappa shape index (κ2) is 5.48. The molecule has 21 heavy (non-hydrogen) atoms. The molecule has 110 valence electrons. The van der Waals surface area contributed by atoms with Gasteiger partial charge in [-0.3, -0.25) is 4.79 Å². The van der Waals surface area contributed by atoms with Crippen LogP contribution in [0.5, 0.6) is 0 Å². The molecule has 0 aliphatic heterocycles. The number of hydrogen-bond acceptors (Lipinski definition) is 2. The van der Waals surface area contributed by atoms with Gasteiger partial charge >= 0.3 is 0 Å². The molecular weight excluding hydrogens is 282 g/mol. The smallest absolute Gasteiger partial charge is 0.242 e. The molecule has 0 unspecified atom stereocenters. The fraction of sp³-hybridized carbons (Fsp3) is 0.375. The van der Waals surface area contributed by atoms with Crippen molar-refractivity contribution in [2.75, 3.05) is 6.54 Å². The fourth-order valence-corrected chi connectivity index (χ4v) is 2.86. The zero-order valence-corrected chi connectivity index (χ0v) is 12.9. The number of likely N-dealkylation sites (N-methyl/N-ethyl adjacent to an activating group) is 1. The van der Waals surface area contributed by atoms with Gasteiger partial charge in [-0.1, -0.05) is 24.4 Å². The monoisotopic (exact) mass is 301 g/mol. The summed E-state index contributed by atoms with van der Waals surface area (Å²) in [5.41, 5.74) is 7.52. The van der Waals surface area contributed by atoms with Gasteiger partial charge in [0.2, 0.25) is 5.91 Å². The number of amides is 1. The van der Waals surface area contributed by atoms with Crippen LogP contribution in [0, 0.1) is 0 Å². The van der Waals surface area contributed by atoms with Crippen LogP contribution >= 0.6 is 12.2 Å². The fourth-order valence-electron chi connectivity index (χ4n) is 2.74. The lowest BCUT2D eigenvalue weighted by Gasteiger charge is -2.21. The Morgan fingerprint density at radius 3 is 2.81 bits per heavy atom. The van der Waals surface area contributed by atoms with E-state index in [-0.39, 0.29) is 5.91 Å². The molecule has 1 aromatic carbocycles. The first kappa shape index (κ1) is 14.1. The summed E-state index contributed by atoms with van der Waals surface area (Å²) < 4.78 is 1.98. The van der Waals surface area contributed by atoms with E-state index in [1.165, 1.54) is 0 Å². The number of carbonyl (C=O) groups is 1. The molecular formula is C16H19N3OS. The summed E-state index contributed by atoms with van der Waals surface area (Å²) in [5.74, 6) is 0.179. The third-order valence-corrected chi connectivity index (χ3v) is 4.25. The predicted octanol–water partition coefficient (Wildman–Crippen LogP) is 2.29. The highest BCUT2D eigenvalue weighted by Crippen LogP contribution is 2.27.